The number of amides is 2. The number of ether oxygens (including phenoxy) is 4. The SMILES string of the molecule is COc1cc(C(=O)N2C[C@H](OC(C)(C)C)C[C@H]2C(=O)N2CCCC2C#N)cc(OC)c1OCc1ccccc1. The largest absolute Gasteiger partial charge is 0.493 e. The topological polar surface area (TPSA) is 101 Å². The van der Waals surface area contributed by atoms with Crippen LogP contribution in [0.5, 0.6) is 17.2 Å². The van der Waals surface area contributed by atoms with E-state index in [1.54, 1.807) is 21.9 Å². The van der Waals surface area contributed by atoms with Crippen molar-refractivity contribution in [2.75, 3.05) is 27.3 Å². The van der Waals surface area contributed by atoms with Crippen molar-refractivity contribution < 1.29 is 28.5 Å². The van der Waals surface area contributed by atoms with Gasteiger partial charge in [0, 0.05) is 25.1 Å². The summed E-state index contributed by atoms with van der Waals surface area (Å²) in [6.45, 7) is 6.91. The van der Waals surface area contributed by atoms with Gasteiger partial charge in [0.05, 0.1) is 32.0 Å². The average Bonchev–Trinajstić information content (AvgIpc) is 3.57. The molecule has 0 spiro atoms. The van der Waals surface area contributed by atoms with Gasteiger partial charge in [0.1, 0.15) is 18.7 Å². The van der Waals surface area contributed by atoms with Crippen molar-refractivity contribution in [3.8, 4) is 23.3 Å². The standard InChI is InChI=1S/C30H37N3O6/c1-30(2,3)39-23-16-24(29(35)32-13-9-12-22(32)17-31)33(18-23)28(34)21-14-25(36-4)27(26(15-21)37-5)38-19-20-10-7-6-8-11-20/h6-8,10-11,14-15,22-24H,9,12-13,16,18-19H2,1-5H3/t22?,23-,24+/m1/s1. The third-order valence-corrected chi connectivity index (χ3v) is 6.95. The predicted octanol–water partition coefficient (Wildman–Crippen LogP) is 4.20. The second-order valence-corrected chi connectivity index (χ2v) is 10.9. The van der Waals surface area contributed by atoms with Gasteiger partial charge in [-0.05, 0) is 51.3 Å². The van der Waals surface area contributed by atoms with Gasteiger partial charge >= 0.3 is 0 Å². The summed E-state index contributed by atoms with van der Waals surface area (Å²) in [6.07, 6.45) is 1.46. The monoisotopic (exact) mass is 535 g/mol. The van der Waals surface area contributed by atoms with E-state index in [0.29, 0.717) is 48.8 Å². The summed E-state index contributed by atoms with van der Waals surface area (Å²) in [7, 11) is 3.01. The fraction of sp³-hybridized carbons (Fsp3) is 0.500. The summed E-state index contributed by atoms with van der Waals surface area (Å²) in [5.41, 5.74) is 0.843. The maximum Gasteiger partial charge on any atom is 0.254 e. The second kappa shape index (κ2) is 12.0. The Morgan fingerprint density at radius 1 is 1.05 bits per heavy atom. The highest BCUT2D eigenvalue weighted by molar-refractivity contribution is 5.99. The van der Waals surface area contributed by atoms with E-state index in [-0.39, 0.29) is 24.5 Å². The Kier molecular flexibility index (Phi) is 8.66. The van der Waals surface area contributed by atoms with E-state index >= 15 is 0 Å². The molecule has 208 valence electrons. The highest BCUT2D eigenvalue weighted by atomic mass is 16.5. The molecule has 2 saturated heterocycles. The normalized spacial score (nSPS) is 21.0. The van der Waals surface area contributed by atoms with Gasteiger partial charge < -0.3 is 28.7 Å². The highest BCUT2D eigenvalue weighted by Crippen LogP contribution is 2.40. The van der Waals surface area contributed by atoms with Crippen LogP contribution in [0.3, 0.4) is 0 Å². The Bertz CT molecular complexity index is 1190. The third kappa shape index (κ3) is 6.45. The molecule has 0 N–H and O–H groups in total. The molecule has 2 aromatic carbocycles. The van der Waals surface area contributed by atoms with Gasteiger partial charge in [0.2, 0.25) is 11.7 Å². The number of rotatable bonds is 8. The van der Waals surface area contributed by atoms with E-state index in [2.05, 4.69) is 6.07 Å². The second-order valence-electron chi connectivity index (χ2n) is 10.9. The fourth-order valence-electron chi connectivity index (χ4n) is 5.24. The molecule has 4 rings (SSSR count). The van der Waals surface area contributed by atoms with Crippen LogP contribution in [0.25, 0.3) is 0 Å². The summed E-state index contributed by atoms with van der Waals surface area (Å²) in [5.74, 6) is 0.531. The van der Waals surface area contributed by atoms with Gasteiger partial charge in [0.15, 0.2) is 11.5 Å². The quantitative estimate of drug-likeness (QED) is 0.499. The van der Waals surface area contributed by atoms with E-state index in [9.17, 15) is 14.9 Å². The molecule has 1 unspecified atom stereocenters. The molecule has 2 aliphatic rings. The molecular weight excluding hydrogens is 498 g/mol. The maximum atomic E-state index is 13.9. The Morgan fingerprint density at radius 2 is 1.72 bits per heavy atom. The predicted molar refractivity (Wildman–Crippen MR) is 145 cm³/mol. The molecule has 9 heteroatoms. The number of hydrogen-bond acceptors (Lipinski definition) is 7. The van der Waals surface area contributed by atoms with E-state index in [1.165, 1.54) is 14.2 Å². The Labute approximate surface area is 230 Å². The van der Waals surface area contributed by atoms with Gasteiger partial charge in [-0.3, -0.25) is 9.59 Å². The van der Waals surface area contributed by atoms with Crippen molar-refractivity contribution in [1.29, 1.82) is 5.26 Å². The van der Waals surface area contributed by atoms with Crippen molar-refractivity contribution in [2.45, 2.75) is 70.4 Å². The lowest BCUT2D eigenvalue weighted by atomic mass is 10.1. The van der Waals surface area contributed by atoms with Crippen LogP contribution in [0.1, 0.15) is 56.0 Å². The molecule has 2 aromatic rings. The lowest BCUT2D eigenvalue weighted by Crippen LogP contribution is -2.49. The number of carbonyl (C=O) groups is 2. The van der Waals surface area contributed by atoms with Crippen LogP contribution in [0, 0.1) is 11.3 Å². The Morgan fingerprint density at radius 3 is 2.31 bits per heavy atom. The lowest BCUT2D eigenvalue weighted by molar-refractivity contribution is -0.135. The summed E-state index contributed by atoms with van der Waals surface area (Å²) in [6, 6.07) is 13.9. The number of methoxy groups -OCH3 is 2. The number of nitriles is 1. The van der Waals surface area contributed by atoms with Crippen molar-refractivity contribution >= 4 is 11.8 Å². The molecule has 0 saturated carbocycles. The van der Waals surface area contributed by atoms with Crippen molar-refractivity contribution in [1.82, 2.24) is 9.80 Å². The number of nitrogens with zero attached hydrogens (tertiary/aromatic N) is 3. The van der Waals surface area contributed by atoms with Gasteiger partial charge in [-0.2, -0.15) is 5.26 Å². The highest BCUT2D eigenvalue weighted by Gasteiger charge is 2.45. The molecule has 3 atom stereocenters. The van der Waals surface area contributed by atoms with Crippen LogP contribution in [0.15, 0.2) is 42.5 Å². The average molecular weight is 536 g/mol. The van der Waals surface area contributed by atoms with Crippen LogP contribution in [0.4, 0.5) is 0 Å². The molecule has 0 aliphatic carbocycles. The van der Waals surface area contributed by atoms with Gasteiger partial charge in [-0.25, -0.2) is 0 Å². The van der Waals surface area contributed by atoms with Crippen molar-refractivity contribution in [2.24, 2.45) is 0 Å². The summed E-state index contributed by atoms with van der Waals surface area (Å²) in [5, 5.41) is 9.56. The zero-order chi connectivity index (χ0) is 28.2. The van der Waals surface area contributed by atoms with Gasteiger partial charge in [-0.15, -0.1) is 0 Å². The molecule has 2 amide bonds. The molecule has 2 heterocycles. The zero-order valence-electron chi connectivity index (χ0n) is 23.3. The van der Waals surface area contributed by atoms with Crippen LogP contribution in [-0.4, -0.2) is 72.7 Å². The molecule has 0 bridgehead atoms. The van der Waals surface area contributed by atoms with Gasteiger partial charge in [0.25, 0.3) is 5.91 Å². The first kappa shape index (κ1) is 28.2. The van der Waals surface area contributed by atoms with Crippen LogP contribution >= 0.6 is 0 Å². The van der Waals surface area contributed by atoms with Crippen molar-refractivity contribution in [3.63, 3.8) is 0 Å². The first-order valence-corrected chi connectivity index (χ1v) is 13.3. The van der Waals surface area contributed by atoms with Crippen LogP contribution in [0.2, 0.25) is 0 Å². The minimum atomic E-state index is -0.732. The molecule has 2 aliphatic heterocycles. The summed E-state index contributed by atoms with van der Waals surface area (Å²) in [4.78, 5) is 30.8. The minimum absolute atomic E-state index is 0.214. The van der Waals surface area contributed by atoms with E-state index in [0.717, 1.165) is 12.0 Å². The zero-order valence-corrected chi connectivity index (χ0v) is 23.3. The number of benzene rings is 2. The maximum absolute atomic E-state index is 13.9. The molecule has 9 nitrogen and oxygen atoms in total. The number of carbonyl (C=O) groups excluding carboxylic acids is 2. The van der Waals surface area contributed by atoms with Crippen molar-refractivity contribution in [3.05, 3.63) is 53.6 Å². The third-order valence-electron chi connectivity index (χ3n) is 6.95. The van der Waals surface area contributed by atoms with Crippen LogP contribution < -0.4 is 14.2 Å². The summed E-state index contributed by atoms with van der Waals surface area (Å²) >= 11 is 0. The molecular formula is C30H37N3O6. The Hall–Kier alpha value is -3.77. The molecule has 2 fully saturated rings. The number of likely N-dealkylation sites (tertiary alicyclic amines) is 2. The van der Waals surface area contributed by atoms with Crippen LogP contribution in [-0.2, 0) is 16.1 Å². The lowest BCUT2D eigenvalue weighted by Gasteiger charge is -2.29. The molecule has 0 radical (unpaired) electrons. The molecule has 0 aromatic heterocycles. The first-order valence-electron chi connectivity index (χ1n) is 13.3. The minimum Gasteiger partial charge on any atom is -0.493 e. The first-order chi connectivity index (χ1) is 18.6. The van der Waals surface area contributed by atoms with E-state index in [1.807, 2.05) is 51.1 Å². The Balaban J connectivity index is 1.63. The fourth-order valence-corrected chi connectivity index (χ4v) is 5.24. The number of hydrogen-bond donors (Lipinski definition) is 0. The summed E-state index contributed by atoms with van der Waals surface area (Å²) < 4.78 is 23.4. The van der Waals surface area contributed by atoms with E-state index < -0.39 is 17.7 Å². The smallest absolute Gasteiger partial charge is 0.254 e. The van der Waals surface area contributed by atoms with E-state index in [4.69, 9.17) is 18.9 Å². The van der Waals surface area contributed by atoms with Gasteiger partial charge in [-0.1, -0.05) is 30.3 Å². The molecule has 39 heavy (non-hydrogen) atoms.